The number of amides is 1. The third-order valence-electron chi connectivity index (χ3n) is 6.12. The molecule has 1 fully saturated rings. The summed E-state index contributed by atoms with van der Waals surface area (Å²) in [5, 5.41) is 6.31. The first-order chi connectivity index (χ1) is 14.8. The monoisotopic (exact) mass is 503 g/mol. The summed E-state index contributed by atoms with van der Waals surface area (Å²) in [6.45, 7) is 0. The molecule has 1 saturated carbocycles. The van der Waals surface area contributed by atoms with Crippen LogP contribution in [0.15, 0.2) is 30.3 Å². The van der Waals surface area contributed by atoms with Crippen LogP contribution in [-0.2, 0) is 19.0 Å². The average molecular weight is 504 g/mol. The number of aromatic nitrogens is 1. The van der Waals surface area contributed by atoms with Crippen LogP contribution in [0.5, 0.6) is 0 Å². The Hall–Kier alpha value is -1.94. The van der Waals surface area contributed by atoms with E-state index in [1.165, 1.54) is 24.3 Å². The Morgan fingerprint density at radius 3 is 2.18 bits per heavy atom. The largest absolute Gasteiger partial charge is 0.433 e. The molecule has 10 heteroatoms. The molecular formula is C23H29F4N3OS2. The third kappa shape index (κ3) is 6.79. The lowest BCUT2D eigenvalue weighted by Crippen LogP contribution is -2.40. The van der Waals surface area contributed by atoms with Crippen LogP contribution < -0.4 is 10.6 Å². The number of aryl methyl sites for hydroxylation is 1. The highest BCUT2D eigenvalue weighted by Gasteiger charge is 2.35. The molecule has 1 aromatic carbocycles. The van der Waals surface area contributed by atoms with Crippen molar-refractivity contribution in [3.63, 3.8) is 0 Å². The van der Waals surface area contributed by atoms with Gasteiger partial charge in [0.25, 0.3) is 5.91 Å². The second-order valence-electron chi connectivity index (χ2n) is 8.36. The zero-order chi connectivity index (χ0) is 22.0. The molecule has 4 rings (SSSR count). The Morgan fingerprint density at radius 2 is 1.55 bits per heavy atom. The van der Waals surface area contributed by atoms with E-state index in [9.17, 15) is 22.4 Å². The predicted octanol–water partition coefficient (Wildman–Crippen LogP) is 5.50. The molecular weight excluding hydrogens is 474 g/mol. The van der Waals surface area contributed by atoms with E-state index in [2.05, 4.69) is 15.6 Å². The van der Waals surface area contributed by atoms with Gasteiger partial charge in [-0.2, -0.15) is 40.2 Å². The quantitative estimate of drug-likeness (QED) is 0.542. The Kier molecular flexibility index (Phi) is 9.48. The predicted molar refractivity (Wildman–Crippen MR) is 130 cm³/mol. The third-order valence-corrected chi connectivity index (χ3v) is 6.12. The topological polar surface area (TPSA) is 54.0 Å². The van der Waals surface area contributed by atoms with Crippen LogP contribution in [0.1, 0.15) is 65.8 Å². The first kappa shape index (κ1) is 27.3. The molecule has 0 unspecified atom stereocenters. The van der Waals surface area contributed by atoms with E-state index >= 15 is 0 Å². The highest BCUT2D eigenvalue weighted by atomic mass is 32.1. The van der Waals surface area contributed by atoms with Gasteiger partial charge < -0.3 is 10.6 Å². The van der Waals surface area contributed by atoms with Crippen molar-refractivity contribution in [3.05, 3.63) is 58.7 Å². The van der Waals surface area contributed by atoms with Crippen molar-refractivity contribution in [1.82, 2.24) is 10.3 Å². The SMILES string of the molecule is O=C(NC1CCC(Nc2cc(C(F)(F)F)nc3c2CCCC3)CC1)c1ccc(F)cc1.S.S. The van der Waals surface area contributed by atoms with Crippen molar-refractivity contribution in [2.24, 2.45) is 0 Å². The standard InChI is InChI=1S/C23H25F4N3O.2H2S/c24-15-7-5-14(6-8-15)22(31)29-17-11-9-16(10-12-17)28-20-13-21(23(25,26)27)30-19-4-2-1-3-18(19)20;;/h5-8,13,16-17H,1-4,9-12H2,(H,28,30)(H,29,31);2*1H2. The number of nitrogens with zero attached hydrogens (tertiary/aromatic N) is 1. The lowest BCUT2D eigenvalue weighted by atomic mass is 9.89. The van der Waals surface area contributed by atoms with E-state index < -0.39 is 17.7 Å². The molecule has 0 bridgehead atoms. The normalized spacial score (nSPS) is 20.0. The zero-order valence-corrected chi connectivity index (χ0v) is 20.1. The minimum Gasteiger partial charge on any atom is -0.382 e. The second kappa shape index (κ2) is 11.5. The summed E-state index contributed by atoms with van der Waals surface area (Å²) in [7, 11) is 0. The summed E-state index contributed by atoms with van der Waals surface area (Å²) < 4.78 is 52.9. The van der Waals surface area contributed by atoms with Crippen LogP contribution >= 0.6 is 27.0 Å². The fraction of sp³-hybridized carbons (Fsp3) is 0.478. The molecule has 0 atom stereocenters. The summed E-state index contributed by atoms with van der Waals surface area (Å²) in [6, 6.07) is 6.58. The summed E-state index contributed by atoms with van der Waals surface area (Å²) in [5.41, 5.74) is 1.59. The van der Waals surface area contributed by atoms with Crippen molar-refractivity contribution in [2.45, 2.75) is 69.6 Å². The number of anilines is 1. The highest BCUT2D eigenvalue weighted by Crippen LogP contribution is 2.35. The molecule has 33 heavy (non-hydrogen) atoms. The fourth-order valence-corrected chi connectivity index (χ4v) is 4.45. The molecule has 0 saturated heterocycles. The van der Waals surface area contributed by atoms with E-state index in [-0.39, 0.29) is 45.0 Å². The maximum Gasteiger partial charge on any atom is 0.433 e. The number of alkyl halides is 3. The number of pyridine rings is 1. The number of carbonyl (C=O) groups excluding carboxylic acids is 1. The Labute approximate surface area is 204 Å². The molecule has 2 aliphatic carbocycles. The van der Waals surface area contributed by atoms with Crippen LogP contribution in [0.25, 0.3) is 0 Å². The van der Waals surface area contributed by atoms with Gasteiger partial charge in [0, 0.05) is 29.0 Å². The van der Waals surface area contributed by atoms with Gasteiger partial charge in [-0.05, 0) is 87.3 Å². The van der Waals surface area contributed by atoms with E-state index in [0.717, 1.165) is 56.6 Å². The summed E-state index contributed by atoms with van der Waals surface area (Å²) in [5.74, 6) is -0.635. The molecule has 2 aliphatic rings. The lowest BCUT2D eigenvalue weighted by molar-refractivity contribution is -0.141. The van der Waals surface area contributed by atoms with Gasteiger partial charge in [0.05, 0.1) is 0 Å². The van der Waals surface area contributed by atoms with Gasteiger partial charge in [-0.15, -0.1) is 0 Å². The van der Waals surface area contributed by atoms with Crippen LogP contribution in [0, 0.1) is 5.82 Å². The first-order valence-corrected chi connectivity index (χ1v) is 10.7. The highest BCUT2D eigenvalue weighted by molar-refractivity contribution is 7.59. The molecule has 2 N–H and O–H groups in total. The molecule has 182 valence electrons. The number of hydrogen-bond donors (Lipinski definition) is 2. The Bertz CT molecular complexity index is 946. The lowest BCUT2D eigenvalue weighted by Gasteiger charge is -2.32. The van der Waals surface area contributed by atoms with Crippen molar-refractivity contribution in [2.75, 3.05) is 5.32 Å². The molecule has 0 spiro atoms. The van der Waals surface area contributed by atoms with E-state index in [4.69, 9.17) is 0 Å². The zero-order valence-electron chi connectivity index (χ0n) is 18.1. The molecule has 1 aromatic heterocycles. The first-order valence-electron chi connectivity index (χ1n) is 10.7. The minimum atomic E-state index is -4.47. The second-order valence-corrected chi connectivity index (χ2v) is 8.36. The van der Waals surface area contributed by atoms with E-state index in [1.54, 1.807) is 0 Å². The molecule has 1 amide bonds. The van der Waals surface area contributed by atoms with Crippen molar-refractivity contribution in [1.29, 1.82) is 0 Å². The maximum atomic E-state index is 13.3. The number of nitrogens with one attached hydrogen (secondary N) is 2. The summed E-state index contributed by atoms with van der Waals surface area (Å²) in [6.07, 6.45) is 1.61. The maximum absolute atomic E-state index is 13.3. The van der Waals surface area contributed by atoms with Gasteiger partial charge in [-0.3, -0.25) is 4.79 Å². The Balaban J connectivity index is 0.00000193. The van der Waals surface area contributed by atoms with Gasteiger partial charge in [0.1, 0.15) is 11.5 Å². The molecule has 4 nitrogen and oxygen atoms in total. The van der Waals surface area contributed by atoms with Gasteiger partial charge in [-0.1, -0.05) is 0 Å². The number of rotatable bonds is 4. The van der Waals surface area contributed by atoms with Crippen LogP contribution in [0.2, 0.25) is 0 Å². The summed E-state index contributed by atoms with van der Waals surface area (Å²) >= 11 is 0. The number of hydrogen-bond acceptors (Lipinski definition) is 3. The number of benzene rings is 1. The van der Waals surface area contributed by atoms with Crippen molar-refractivity contribution < 1.29 is 22.4 Å². The number of halogens is 4. The number of carbonyl (C=O) groups is 1. The molecule has 1 heterocycles. The van der Waals surface area contributed by atoms with Gasteiger partial charge >= 0.3 is 6.18 Å². The molecule has 2 aromatic rings. The van der Waals surface area contributed by atoms with Crippen LogP contribution in [0.4, 0.5) is 23.2 Å². The Morgan fingerprint density at radius 1 is 0.939 bits per heavy atom. The van der Waals surface area contributed by atoms with E-state index in [0.29, 0.717) is 23.4 Å². The number of fused-ring (bicyclic) bond motifs is 1. The summed E-state index contributed by atoms with van der Waals surface area (Å²) in [4.78, 5) is 16.2. The van der Waals surface area contributed by atoms with Crippen LogP contribution in [0.3, 0.4) is 0 Å². The molecule has 0 radical (unpaired) electrons. The fourth-order valence-electron chi connectivity index (χ4n) is 4.45. The smallest absolute Gasteiger partial charge is 0.382 e. The van der Waals surface area contributed by atoms with Gasteiger partial charge in [0.15, 0.2) is 0 Å². The van der Waals surface area contributed by atoms with Gasteiger partial charge in [-0.25, -0.2) is 9.37 Å². The van der Waals surface area contributed by atoms with Crippen molar-refractivity contribution in [3.8, 4) is 0 Å². The molecule has 0 aliphatic heterocycles. The van der Waals surface area contributed by atoms with E-state index in [1.807, 2.05) is 0 Å². The van der Waals surface area contributed by atoms with Crippen molar-refractivity contribution >= 4 is 38.6 Å². The average Bonchev–Trinajstić information content (AvgIpc) is 2.75. The van der Waals surface area contributed by atoms with Crippen LogP contribution in [-0.4, -0.2) is 23.0 Å². The minimum absolute atomic E-state index is 0. The van der Waals surface area contributed by atoms with Gasteiger partial charge in [0.2, 0.25) is 0 Å².